The van der Waals surface area contributed by atoms with E-state index in [9.17, 15) is 16.8 Å². The van der Waals surface area contributed by atoms with Crippen molar-refractivity contribution in [3.8, 4) is 0 Å². The average Bonchev–Trinajstić information content (AvgIpc) is 2.56. The van der Waals surface area contributed by atoms with Gasteiger partial charge in [-0.3, -0.25) is 14.1 Å². The van der Waals surface area contributed by atoms with Crippen LogP contribution in [0.3, 0.4) is 0 Å². The molecular weight excluding hydrogens is 392 g/mol. The van der Waals surface area contributed by atoms with Crippen molar-refractivity contribution in [2.24, 2.45) is 4.99 Å². The van der Waals surface area contributed by atoms with Crippen LogP contribution in [0.4, 0.5) is 5.69 Å². The van der Waals surface area contributed by atoms with E-state index in [-0.39, 0.29) is 24.3 Å². The zero-order valence-electron chi connectivity index (χ0n) is 14.7. The number of rotatable bonds is 12. The van der Waals surface area contributed by atoms with Gasteiger partial charge in [0.25, 0.3) is 20.2 Å². The molecule has 0 bridgehead atoms. The zero-order valence-corrected chi connectivity index (χ0v) is 16.4. The Kier molecular flexibility index (Phi) is 9.94. The molecule has 27 heavy (non-hydrogen) atoms. The fourth-order valence-corrected chi connectivity index (χ4v) is 3.06. The van der Waals surface area contributed by atoms with Crippen molar-refractivity contribution in [3.63, 3.8) is 0 Å². The molecule has 0 atom stereocenters. The molecule has 8 nitrogen and oxygen atoms in total. The Morgan fingerprint density at radius 2 is 1.59 bits per heavy atom. The van der Waals surface area contributed by atoms with Gasteiger partial charge in [-0.05, 0) is 43.5 Å². The van der Waals surface area contributed by atoms with Crippen molar-refractivity contribution in [2.75, 3.05) is 18.1 Å². The zero-order chi connectivity index (χ0) is 20.2. The van der Waals surface area contributed by atoms with Crippen LogP contribution in [0.5, 0.6) is 0 Å². The van der Waals surface area contributed by atoms with Gasteiger partial charge in [0.15, 0.2) is 0 Å². The van der Waals surface area contributed by atoms with Gasteiger partial charge in [0.05, 0.1) is 17.2 Å². The maximum Gasteiger partial charge on any atom is 0.264 e. The van der Waals surface area contributed by atoms with Crippen molar-refractivity contribution < 1.29 is 25.9 Å². The minimum absolute atomic E-state index is 0.202. The molecule has 0 spiro atoms. The van der Waals surface area contributed by atoms with Crippen LogP contribution in [0.15, 0.2) is 59.2 Å². The predicted molar refractivity (Wildman–Crippen MR) is 107 cm³/mol. The smallest absolute Gasteiger partial charge is 0.264 e. The largest absolute Gasteiger partial charge is 0.388 e. The van der Waals surface area contributed by atoms with Crippen LogP contribution in [-0.4, -0.2) is 50.2 Å². The molecule has 0 saturated heterocycles. The van der Waals surface area contributed by atoms with Gasteiger partial charge in [-0.15, -0.1) is 0 Å². The molecule has 0 saturated carbocycles. The van der Waals surface area contributed by atoms with Crippen LogP contribution in [0, 0.1) is 0 Å². The standard InChI is InChI=1S/C17H24N2O6S2/c20-26(21,22)14-6-11-17(19-13-7-15-27(23,24)25)10-4-5-12-18-16-8-2-1-3-9-16/h1-5,8-10,12,19H,6-7,11,13-15H2,(H,20,21,22)(H,23,24,25). The normalized spacial score (nSPS) is 13.5. The molecule has 0 radical (unpaired) electrons. The SMILES string of the molecule is O=S(=O)(O)CCCNC(=CC=CC=Nc1ccccc1)CCCS(=O)(=O)O. The summed E-state index contributed by atoms with van der Waals surface area (Å²) in [6.07, 6.45) is 7.51. The summed E-state index contributed by atoms with van der Waals surface area (Å²) in [5.74, 6) is -0.728. The van der Waals surface area contributed by atoms with Gasteiger partial charge in [0.2, 0.25) is 0 Å². The molecule has 1 aromatic rings. The number of hydrogen-bond donors (Lipinski definition) is 3. The number of nitrogens with zero attached hydrogens (tertiary/aromatic N) is 1. The molecule has 0 aromatic heterocycles. The first-order chi connectivity index (χ1) is 12.7. The summed E-state index contributed by atoms with van der Waals surface area (Å²) < 4.78 is 60.6. The third-order valence-corrected chi connectivity index (χ3v) is 4.86. The van der Waals surface area contributed by atoms with Gasteiger partial charge in [-0.2, -0.15) is 16.8 Å². The van der Waals surface area contributed by atoms with E-state index in [2.05, 4.69) is 10.3 Å². The van der Waals surface area contributed by atoms with Crippen LogP contribution < -0.4 is 5.32 Å². The number of benzene rings is 1. The van der Waals surface area contributed by atoms with E-state index in [1.807, 2.05) is 30.3 Å². The van der Waals surface area contributed by atoms with Crippen LogP contribution in [0.25, 0.3) is 0 Å². The fraction of sp³-hybridized carbons (Fsp3) is 0.353. The summed E-state index contributed by atoms with van der Waals surface area (Å²) in [6.45, 7) is 0.295. The number of aliphatic imine (C=N–C) groups is 1. The number of para-hydroxylation sites is 1. The minimum Gasteiger partial charge on any atom is -0.388 e. The summed E-state index contributed by atoms with van der Waals surface area (Å²) in [4.78, 5) is 4.23. The number of allylic oxidation sites excluding steroid dienone is 4. The van der Waals surface area contributed by atoms with Gasteiger partial charge in [-0.25, -0.2) is 0 Å². The Morgan fingerprint density at radius 1 is 0.963 bits per heavy atom. The van der Waals surface area contributed by atoms with E-state index < -0.39 is 20.2 Å². The molecule has 0 aliphatic heterocycles. The Bertz CT molecular complexity index is 860. The molecular formula is C17H24N2O6S2. The lowest BCUT2D eigenvalue weighted by Crippen LogP contribution is -2.18. The molecule has 1 aromatic carbocycles. The first kappa shape index (κ1) is 23.0. The van der Waals surface area contributed by atoms with E-state index in [1.165, 1.54) is 0 Å². The summed E-state index contributed by atoms with van der Waals surface area (Å²) in [5, 5.41) is 3.00. The maximum absolute atomic E-state index is 10.8. The van der Waals surface area contributed by atoms with Gasteiger partial charge < -0.3 is 5.32 Å². The van der Waals surface area contributed by atoms with E-state index in [0.717, 1.165) is 5.69 Å². The van der Waals surface area contributed by atoms with E-state index in [1.54, 1.807) is 24.4 Å². The van der Waals surface area contributed by atoms with Crippen molar-refractivity contribution in [2.45, 2.75) is 19.3 Å². The van der Waals surface area contributed by atoms with Gasteiger partial charge >= 0.3 is 0 Å². The van der Waals surface area contributed by atoms with Crippen LogP contribution in [0.2, 0.25) is 0 Å². The van der Waals surface area contributed by atoms with Crippen LogP contribution in [0.1, 0.15) is 19.3 Å². The van der Waals surface area contributed by atoms with E-state index in [0.29, 0.717) is 18.7 Å². The first-order valence-corrected chi connectivity index (χ1v) is 11.5. The molecule has 0 unspecified atom stereocenters. The highest BCUT2D eigenvalue weighted by atomic mass is 32.2. The summed E-state index contributed by atoms with van der Waals surface area (Å²) in [5.41, 5.74) is 1.49. The van der Waals surface area contributed by atoms with Crippen molar-refractivity contribution in [3.05, 3.63) is 54.3 Å². The average molecular weight is 417 g/mol. The van der Waals surface area contributed by atoms with E-state index in [4.69, 9.17) is 9.11 Å². The monoisotopic (exact) mass is 416 g/mol. The summed E-state index contributed by atoms with van der Waals surface area (Å²) in [7, 11) is -8.04. The molecule has 150 valence electrons. The second kappa shape index (κ2) is 11.7. The third kappa shape index (κ3) is 13.8. The first-order valence-electron chi connectivity index (χ1n) is 8.25. The molecule has 10 heteroatoms. The quantitative estimate of drug-likeness (QED) is 0.206. The lowest BCUT2D eigenvalue weighted by molar-refractivity contribution is 0.477. The second-order valence-electron chi connectivity index (χ2n) is 5.65. The Balaban J connectivity index is 2.60. The lowest BCUT2D eigenvalue weighted by atomic mass is 10.2. The van der Waals surface area contributed by atoms with E-state index >= 15 is 0 Å². The number of hydrogen-bond acceptors (Lipinski definition) is 6. The Labute approximate surface area is 160 Å². The molecule has 0 fully saturated rings. The van der Waals surface area contributed by atoms with Gasteiger partial charge in [0.1, 0.15) is 0 Å². The van der Waals surface area contributed by atoms with Gasteiger partial charge in [-0.1, -0.05) is 24.3 Å². The Morgan fingerprint density at radius 3 is 2.22 bits per heavy atom. The molecule has 3 N–H and O–H groups in total. The molecule has 1 rings (SSSR count). The lowest BCUT2D eigenvalue weighted by Gasteiger charge is -2.10. The van der Waals surface area contributed by atoms with Gasteiger partial charge in [0, 0.05) is 18.5 Å². The van der Waals surface area contributed by atoms with Crippen LogP contribution >= 0.6 is 0 Å². The minimum atomic E-state index is -4.03. The topological polar surface area (TPSA) is 133 Å². The highest BCUT2D eigenvalue weighted by Gasteiger charge is 2.06. The van der Waals surface area contributed by atoms with Crippen molar-refractivity contribution in [1.82, 2.24) is 5.32 Å². The van der Waals surface area contributed by atoms with Crippen molar-refractivity contribution in [1.29, 1.82) is 0 Å². The number of nitrogens with one attached hydrogen (secondary N) is 1. The van der Waals surface area contributed by atoms with Crippen molar-refractivity contribution >= 4 is 32.1 Å². The maximum atomic E-state index is 10.8. The molecule has 0 aliphatic rings. The molecule has 0 amide bonds. The fourth-order valence-electron chi connectivity index (χ4n) is 2.04. The molecule has 0 aliphatic carbocycles. The highest BCUT2D eigenvalue weighted by Crippen LogP contribution is 2.08. The summed E-state index contributed by atoms with van der Waals surface area (Å²) >= 11 is 0. The summed E-state index contributed by atoms with van der Waals surface area (Å²) in [6, 6.07) is 9.36. The third-order valence-electron chi connectivity index (χ3n) is 3.25. The molecule has 0 heterocycles. The predicted octanol–water partition coefficient (Wildman–Crippen LogP) is 2.36. The highest BCUT2D eigenvalue weighted by molar-refractivity contribution is 7.86. The second-order valence-corrected chi connectivity index (χ2v) is 8.79. The van der Waals surface area contributed by atoms with Crippen LogP contribution in [-0.2, 0) is 20.2 Å². The Hall–Kier alpha value is -2.01.